The van der Waals surface area contributed by atoms with E-state index in [1.807, 2.05) is 18.2 Å². The molecule has 2 aromatic carbocycles. The van der Waals surface area contributed by atoms with E-state index in [9.17, 15) is 9.59 Å². The number of rotatable bonds is 6. The van der Waals surface area contributed by atoms with E-state index in [2.05, 4.69) is 0 Å². The van der Waals surface area contributed by atoms with E-state index >= 15 is 0 Å². The second-order valence-corrected chi connectivity index (χ2v) is 5.61. The number of quaternary nitrogens is 1. The van der Waals surface area contributed by atoms with Crippen molar-refractivity contribution in [3.05, 3.63) is 70.7 Å². The summed E-state index contributed by atoms with van der Waals surface area (Å²) in [6.07, 6.45) is -0.678. The quantitative estimate of drug-likeness (QED) is 0.652. The fourth-order valence-electron chi connectivity index (χ4n) is 2.44. The van der Waals surface area contributed by atoms with Crippen molar-refractivity contribution in [2.75, 3.05) is 7.05 Å². The highest BCUT2D eigenvalue weighted by atomic mass is 35.5. The first-order valence-electron chi connectivity index (χ1n) is 7.34. The van der Waals surface area contributed by atoms with E-state index in [0.717, 1.165) is 5.56 Å². The third kappa shape index (κ3) is 4.41. The zero-order valence-electron chi connectivity index (χ0n) is 13.0. The predicted octanol–water partition coefficient (Wildman–Crippen LogP) is 2.39. The molecule has 0 bridgehead atoms. The van der Waals surface area contributed by atoms with Gasteiger partial charge in [0.05, 0.1) is 7.05 Å². The van der Waals surface area contributed by atoms with Gasteiger partial charge in [0.25, 0.3) is 0 Å². The molecule has 120 valence electrons. The molecule has 2 aromatic rings. The monoisotopic (exact) mass is 332 g/mol. The van der Waals surface area contributed by atoms with Crippen molar-refractivity contribution in [1.82, 2.24) is 0 Å². The average molecular weight is 333 g/mol. The summed E-state index contributed by atoms with van der Waals surface area (Å²) in [5, 5.41) is 2.35. The van der Waals surface area contributed by atoms with Crippen LogP contribution in [-0.2, 0) is 9.53 Å². The molecule has 0 aromatic heterocycles. The number of halogens is 1. The molecular formula is C18H19ClNO3+. The molecule has 5 heteroatoms. The number of carbonyl (C=O) groups excluding carboxylic acids is 2. The smallest absolute Gasteiger partial charge is 0.303 e. The van der Waals surface area contributed by atoms with Gasteiger partial charge in [-0.2, -0.15) is 0 Å². The number of hydrogen-bond acceptors (Lipinski definition) is 3. The number of benzene rings is 2. The number of Topliss-reactive ketones (excluding diaryl/α,β-unsaturated/α-hetero) is 1. The predicted molar refractivity (Wildman–Crippen MR) is 88.4 cm³/mol. The van der Waals surface area contributed by atoms with Crippen LogP contribution in [0.2, 0.25) is 5.02 Å². The number of hydrogen-bond donors (Lipinski definition) is 1. The van der Waals surface area contributed by atoms with Gasteiger partial charge in [0.15, 0.2) is 12.1 Å². The van der Waals surface area contributed by atoms with Gasteiger partial charge < -0.3 is 10.1 Å². The van der Waals surface area contributed by atoms with Gasteiger partial charge in [0.1, 0.15) is 0 Å². The van der Waals surface area contributed by atoms with E-state index in [1.165, 1.54) is 6.92 Å². The highest BCUT2D eigenvalue weighted by Crippen LogP contribution is 2.24. The Morgan fingerprint density at radius 2 is 1.65 bits per heavy atom. The van der Waals surface area contributed by atoms with Crippen LogP contribution in [0.4, 0.5) is 0 Å². The summed E-state index contributed by atoms with van der Waals surface area (Å²) < 4.78 is 5.44. The van der Waals surface area contributed by atoms with Crippen LogP contribution >= 0.6 is 11.6 Å². The maximum absolute atomic E-state index is 12.8. The van der Waals surface area contributed by atoms with Crippen molar-refractivity contribution in [2.24, 2.45) is 0 Å². The lowest BCUT2D eigenvalue weighted by Gasteiger charge is -2.23. The lowest BCUT2D eigenvalue weighted by molar-refractivity contribution is -0.657. The maximum atomic E-state index is 12.8. The van der Waals surface area contributed by atoms with Gasteiger partial charge in [0.2, 0.25) is 5.78 Å². The number of carbonyl (C=O) groups is 2. The van der Waals surface area contributed by atoms with Crippen LogP contribution in [0.3, 0.4) is 0 Å². The van der Waals surface area contributed by atoms with Gasteiger partial charge in [-0.25, -0.2) is 0 Å². The van der Waals surface area contributed by atoms with Gasteiger partial charge in [0, 0.05) is 17.5 Å². The third-order valence-corrected chi connectivity index (χ3v) is 3.79. The van der Waals surface area contributed by atoms with Crippen LogP contribution in [-0.4, -0.2) is 24.8 Å². The molecule has 2 N–H and O–H groups in total. The van der Waals surface area contributed by atoms with Crippen molar-refractivity contribution in [3.8, 4) is 0 Å². The van der Waals surface area contributed by atoms with Crippen LogP contribution in [0.1, 0.15) is 28.9 Å². The van der Waals surface area contributed by atoms with Crippen LogP contribution in [0.15, 0.2) is 54.6 Å². The number of ketones is 1. The highest BCUT2D eigenvalue weighted by Gasteiger charge is 2.35. The molecule has 2 atom stereocenters. The van der Waals surface area contributed by atoms with Crippen LogP contribution in [0.5, 0.6) is 0 Å². The summed E-state index contributed by atoms with van der Waals surface area (Å²) in [5.74, 6) is -0.521. The summed E-state index contributed by atoms with van der Waals surface area (Å²) >= 11 is 5.91. The maximum Gasteiger partial charge on any atom is 0.303 e. The molecule has 0 saturated carbocycles. The van der Waals surface area contributed by atoms with Crippen molar-refractivity contribution in [3.63, 3.8) is 0 Å². The first-order valence-corrected chi connectivity index (χ1v) is 7.72. The third-order valence-electron chi connectivity index (χ3n) is 3.54. The minimum atomic E-state index is -0.678. The van der Waals surface area contributed by atoms with Crippen LogP contribution in [0.25, 0.3) is 0 Å². The number of likely N-dealkylation sites (N-methyl/N-ethyl adjacent to an activating group) is 1. The lowest BCUT2D eigenvalue weighted by Crippen LogP contribution is -2.89. The molecule has 23 heavy (non-hydrogen) atoms. The Morgan fingerprint density at radius 1 is 1.04 bits per heavy atom. The molecule has 0 unspecified atom stereocenters. The molecule has 0 heterocycles. The zero-order valence-corrected chi connectivity index (χ0v) is 13.8. The molecule has 0 aliphatic carbocycles. The Morgan fingerprint density at radius 3 is 2.17 bits per heavy atom. The summed E-state index contributed by atoms with van der Waals surface area (Å²) in [6, 6.07) is 15.4. The summed E-state index contributed by atoms with van der Waals surface area (Å²) in [6.45, 7) is 1.34. The Balaban J connectivity index is 2.37. The molecule has 0 aliphatic rings. The van der Waals surface area contributed by atoms with Gasteiger partial charge in [-0.3, -0.25) is 9.59 Å². The molecule has 0 radical (unpaired) electrons. The summed E-state index contributed by atoms with van der Waals surface area (Å²) in [5.41, 5.74) is 1.32. The van der Waals surface area contributed by atoms with E-state index in [0.29, 0.717) is 10.6 Å². The Hall–Kier alpha value is -2.17. The number of ether oxygens (including phenoxy) is 1. The lowest BCUT2D eigenvalue weighted by atomic mass is 9.95. The summed E-state index contributed by atoms with van der Waals surface area (Å²) in [7, 11) is 1.79. The van der Waals surface area contributed by atoms with E-state index in [4.69, 9.17) is 16.3 Å². The minimum absolute atomic E-state index is 0.0886. The molecule has 0 amide bonds. The van der Waals surface area contributed by atoms with Gasteiger partial charge >= 0.3 is 5.97 Å². The van der Waals surface area contributed by atoms with Crippen molar-refractivity contribution in [1.29, 1.82) is 0 Å². The summed E-state index contributed by atoms with van der Waals surface area (Å²) in [4.78, 5) is 24.3. The van der Waals surface area contributed by atoms with E-state index < -0.39 is 18.1 Å². The molecule has 0 saturated heterocycles. The SMILES string of the molecule is C[NH2+][C@H](C(=O)c1ccccc1)[C@@H](OC(C)=O)c1ccc(Cl)cc1. The van der Waals surface area contributed by atoms with Crippen molar-refractivity contribution < 1.29 is 19.6 Å². The van der Waals surface area contributed by atoms with Crippen LogP contribution in [0, 0.1) is 0 Å². The van der Waals surface area contributed by atoms with Gasteiger partial charge in [-0.05, 0) is 17.7 Å². The molecule has 2 rings (SSSR count). The number of nitrogens with two attached hydrogens (primary N) is 1. The standard InChI is InChI=1S/C18H18ClNO3/c1-12(21)23-18(14-8-10-15(19)11-9-14)16(20-2)17(22)13-6-4-3-5-7-13/h3-11,16,18,20H,1-2H3/p+1/t16-,18+/m1/s1. The minimum Gasteiger partial charge on any atom is -0.451 e. The Kier molecular flexibility index (Phi) is 5.90. The molecular weight excluding hydrogens is 314 g/mol. The fourth-order valence-corrected chi connectivity index (χ4v) is 2.56. The van der Waals surface area contributed by atoms with E-state index in [1.54, 1.807) is 48.8 Å². The second kappa shape index (κ2) is 7.90. The van der Waals surface area contributed by atoms with Crippen LogP contribution < -0.4 is 5.32 Å². The molecule has 0 spiro atoms. The molecule has 4 nitrogen and oxygen atoms in total. The second-order valence-electron chi connectivity index (χ2n) is 5.17. The Bertz CT molecular complexity index is 670. The molecule has 0 fully saturated rings. The zero-order chi connectivity index (χ0) is 16.8. The average Bonchev–Trinajstić information content (AvgIpc) is 2.55. The number of esters is 1. The van der Waals surface area contributed by atoms with Gasteiger partial charge in [-0.15, -0.1) is 0 Å². The highest BCUT2D eigenvalue weighted by molar-refractivity contribution is 6.30. The van der Waals surface area contributed by atoms with Crippen molar-refractivity contribution >= 4 is 23.4 Å². The van der Waals surface area contributed by atoms with Crippen molar-refractivity contribution in [2.45, 2.75) is 19.1 Å². The normalized spacial score (nSPS) is 13.2. The first kappa shape index (κ1) is 17.2. The van der Waals surface area contributed by atoms with E-state index in [-0.39, 0.29) is 5.78 Å². The van der Waals surface area contributed by atoms with Gasteiger partial charge in [-0.1, -0.05) is 54.1 Å². The first-order chi connectivity index (χ1) is 11.0. The Labute approximate surface area is 140 Å². The molecule has 0 aliphatic heterocycles. The fraction of sp³-hybridized carbons (Fsp3) is 0.222. The topological polar surface area (TPSA) is 60.0 Å². The largest absolute Gasteiger partial charge is 0.451 e.